The van der Waals surface area contributed by atoms with E-state index in [4.69, 9.17) is 18.0 Å². The number of halogens is 3. The van der Waals surface area contributed by atoms with Crippen LogP contribution in [0.15, 0.2) is 42.5 Å². The van der Waals surface area contributed by atoms with Crippen molar-refractivity contribution in [1.82, 2.24) is 0 Å². The number of hydrogen-bond donors (Lipinski definition) is 1. The fourth-order valence-corrected chi connectivity index (χ4v) is 2.25. The van der Waals surface area contributed by atoms with E-state index in [1.165, 1.54) is 11.4 Å². The fraction of sp³-hybridized carbons (Fsp3) is 0.133. The molecule has 0 atom stereocenters. The minimum atomic E-state index is -4.37. The highest BCUT2D eigenvalue weighted by atomic mass is 32.1. The minimum absolute atomic E-state index is 0.0328. The Hall–Kier alpha value is -1.72. The first-order valence-corrected chi connectivity index (χ1v) is 6.39. The van der Waals surface area contributed by atoms with Crippen LogP contribution >= 0.6 is 12.2 Å². The number of hydrogen-bond acceptors (Lipinski definition) is 2. The molecule has 0 aliphatic rings. The van der Waals surface area contributed by atoms with Crippen LogP contribution in [-0.2, 0) is 12.7 Å². The lowest BCUT2D eigenvalue weighted by Crippen LogP contribution is -2.08. The lowest BCUT2D eigenvalue weighted by Gasteiger charge is -2.14. The van der Waals surface area contributed by atoms with Crippen LogP contribution in [0.5, 0.6) is 0 Å². The van der Waals surface area contributed by atoms with Gasteiger partial charge in [-0.05, 0) is 34.4 Å². The molecule has 0 heterocycles. The molecule has 2 N–H and O–H groups in total. The molecule has 0 spiro atoms. The molecule has 2 rings (SSSR count). The third kappa shape index (κ3) is 2.89. The van der Waals surface area contributed by atoms with Gasteiger partial charge in [0, 0.05) is 11.9 Å². The van der Waals surface area contributed by atoms with Crippen LogP contribution in [0, 0.1) is 0 Å². The Kier molecular flexibility index (Phi) is 4.20. The average Bonchev–Trinajstić information content (AvgIpc) is 2.45. The van der Waals surface area contributed by atoms with E-state index < -0.39 is 11.7 Å². The highest BCUT2D eigenvalue weighted by Crippen LogP contribution is 2.34. The summed E-state index contributed by atoms with van der Waals surface area (Å²) in [5.41, 5.74) is 7.60. The number of thiocarbonyl (C=S) groups is 1. The SMILES string of the molecule is NCc1cc(C(F)(F)F)ccc1-c1ccccc1C=S. The van der Waals surface area contributed by atoms with Gasteiger partial charge in [0.05, 0.1) is 5.56 Å². The van der Waals surface area contributed by atoms with Gasteiger partial charge in [0.2, 0.25) is 0 Å². The van der Waals surface area contributed by atoms with Gasteiger partial charge in [-0.2, -0.15) is 13.2 Å². The first kappa shape index (κ1) is 14.7. The van der Waals surface area contributed by atoms with Gasteiger partial charge in [-0.3, -0.25) is 0 Å². The lowest BCUT2D eigenvalue weighted by atomic mass is 9.94. The van der Waals surface area contributed by atoms with Crippen molar-refractivity contribution in [2.24, 2.45) is 5.73 Å². The summed E-state index contributed by atoms with van der Waals surface area (Å²) in [7, 11) is 0. The summed E-state index contributed by atoms with van der Waals surface area (Å²) in [4.78, 5) is 0. The summed E-state index contributed by atoms with van der Waals surface area (Å²) in [6.45, 7) is 0.0328. The van der Waals surface area contributed by atoms with Crippen LogP contribution in [0.2, 0.25) is 0 Å². The number of nitrogens with two attached hydrogens (primary N) is 1. The second-order valence-corrected chi connectivity index (χ2v) is 4.51. The van der Waals surface area contributed by atoms with Crippen molar-refractivity contribution in [3.63, 3.8) is 0 Å². The largest absolute Gasteiger partial charge is 0.416 e. The molecule has 0 amide bonds. The molecule has 2 aromatic carbocycles. The molecule has 0 radical (unpaired) electrons. The topological polar surface area (TPSA) is 26.0 Å². The van der Waals surface area contributed by atoms with E-state index in [1.54, 1.807) is 0 Å². The Balaban J connectivity index is 2.60. The quantitative estimate of drug-likeness (QED) is 0.860. The van der Waals surface area contributed by atoms with Crippen molar-refractivity contribution in [1.29, 1.82) is 0 Å². The number of benzene rings is 2. The molecule has 20 heavy (non-hydrogen) atoms. The lowest BCUT2D eigenvalue weighted by molar-refractivity contribution is -0.137. The second-order valence-electron chi connectivity index (χ2n) is 4.28. The van der Waals surface area contributed by atoms with Crippen molar-refractivity contribution >= 4 is 17.6 Å². The molecule has 5 heteroatoms. The smallest absolute Gasteiger partial charge is 0.326 e. The summed E-state index contributed by atoms with van der Waals surface area (Å²) in [5.74, 6) is 0. The zero-order valence-electron chi connectivity index (χ0n) is 10.4. The molecule has 0 fully saturated rings. The van der Waals surface area contributed by atoms with Crippen LogP contribution in [0.4, 0.5) is 13.2 Å². The molecule has 0 bridgehead atoms. The van der Waals surface area contributed by atoms with Crippen molar-refractivity contribution in [2.75, 3.05) is 0 Å². The third-order valence-electron chi connectivity index (χ3n) is 3.03. The highest BCUT2D eigenvalue weighted by Gasteiger charge is 2.31. The van der Waals surface area contributed by atoms with Crippen LogP contribution in [-0.4, -0.2) is 5.37 Å². The molecule has 0 saturated heterocycles. The highest BCUT2D eigenvalue weighted by molar-refractivity contribution is 7.79. The van der Waals surface area contributed by atoms with Crippen molar-refractivity contribution < 1.29 is 13.2 Å². The molecular formula is C15H12F3NS. The first-order chi connectivity index (χ1) is 9.47. The summed E-state index contributed by atoms with van der Waals surface area (Å²) in [6, 6.07) is 10.9. The van der Waals surface area contributed by atoms with Crippen LogP contribution < -0.4 is 5.73 Å². The molecule has 0 aliphatic carbocycles. The summed E-state index contributed by atoms with van der Waals surface area (Å²) < 4.78 is 38.2. The van der Waals surface area contributed by atoms with Gasteiger partial charge in [0.1, 0.15) is 0 Å². The molecule has 2 aromatic rings. The normalized spacial score (nSPS) is 11.4. The molecule has 0 aliphatic heterocycles. The van der Waals surface area contributed by atoms with Gasteiger partial charge < -0.3 is 5.73 Å². The Labute approximate surface area is 120 Å². The maximum absolute atomic E-state index is 12.7. The molecule has 104 valence electrons. The van der Waals surface area contributed by atoms with Crippen LogP contribution in [0.25, 0.3) is 11.1 Å². The van der Waals surface area contributed by atoms with Crippen molar-refractivity contribution in [2.45, 2.75) is 12.7 Å². The third-order valence-corrected chi connectivity index (χ3v) is 3.28. The van der Waals surface area contributed by atoms with Gasteiger partial charge in [-0.1, -0.05) is 42.5 Å². The van der Waals surface area contributed by atoms with Gasteiger partial charge in [0.15, 0.2) is 0 Å². The monoisotopic (exact) mass is 295 g/mol. The van der Waals surface area contributed by atoms with Crippen LogP contribution in [0.1, 0.15) is 16.7 Å². The predicted molar refractivity (Wildman–Crippen MR) is 77.5 cm³/mol. The van der Waals surface area contributed by atoms with E-state index in [2.05, 4.69) is 0 Å². The van der Waals surface area contributed by atoms with Gasteiger partial charge in [0.25, 0.3) is 0 Å². The molecular weight excluding hydrogens is 283 g/mol. The van der Waals surface area contributed by atoms with E-state index in [1.807, 2.05) is 24.3 Å². The zero-order chi connectivity index (χ0) is 14.8. The summed E-state index contributed by atoms with van der Waals surface area (Å²) in [6.07, 6.45) is -4.37. The number of rotatable bonds is 3. The summed E-state index contributed by atoms with van der Waals surface area (Å²) >= 11 is 4.93. The molecule has 0 unspecified atom stereocenters. The number of alkyl halides is 3. The molecule has 0 saturated carbocycles. The summed E-state index contributed by atoms with van der Waals surface area (Å²) in [5, 5.41) is 1.51. The Bertz CT molecular complexity index is 635. The Morgan fingerprint density at radius 2 is 1.75 bits per heavy atom. The first-order valence-electron chi connectivity index (χ1n) is 5.92. The van der Waals surface area contributed by atoms with Crippen molar-refractivity contribution in [3.05, 3.63) is 59.2 Å². The maximum Gasteiger partial charge on any atom is 0.416 e. The van der Waals surface area contributed by atoms with Crippen molar-refractivity contribution in [3.8, 4) is 11.1 Å². The van der Waals surface area contributed by atoms with E-state index in [0.29, 0.717) is 11.1 Å². The zero-order valence-corrected chi connectivity index (χ0v) is 11.3. The standard InChI is InChI=1S/C15H12F3NS/c16-15(17,18)12-5-6-14(11(7-12)8-19)13-4-2-1-3-10(13)9-20/h1-7,9H,8,19H2. The van der Waals surface area contributed by atoms with E-state index in [0.717, 1.165) is 23.3 Å². The average molecular weight is 295 g/mol. The van der Waals surface area contributed by atoms with E-state index in [9.17, 15) is 13.2 Å². The molecule has 0 aromatic heterocycles. The van der Waals surface area contributed by atoms with Crippen LogP contribution in [0.3, 0.4) is 0 Å². The van der Waals surface area contributed by atoms with Gasteiger partial charge in [-0.25, -0.2) is 0 Å². The van der Waals surface area contributed by atoms with Gasteiger partial charge in [-0.15, -0.1) is 0 Å². The fourth-order valence-electron chi connectivity index (χ4n) is 2.05. The second kappa shape index (κ2) is 5.73. The maximum atomic E-state index is 12.7. The van der Waals surface area contributed by atoms with E-state index in [-0.39, 0.29) is 6.54 Å². The van der Waals surface area contributed by atoms with E-state index >= 15 is 0 Å². The predicted octanol–water partition coefficient (Wildman–Crippen LogP) is 4.18. The van der Waals surface area contributed by atoms with Gasteiger partial charge >= 0.3 is 6.18 Å². The Morgan fingerprint density at radius 1 is 1.05 bits per heavy atom. The molecule has 1 nitrogen and oxygen atoms in total. The minimum Gasteiger partial charge on any atom is -0.326 e. The Morgan fingerprint density at radius 3 is 2.35 bits per heavy atom.